The number of carbonyl (C=O) groups excluding carboxylic acids is 2. The zero-order valence-electron chi connectivity index (χ0n) is 21.8. The minimum absolute atomic E-state index is 0.0303. The summed E-state index contributed by atoms with van der Waals surface area (Å²) in [5.74, 6) is 0.698. The summed E-state index contributed by atoms with van der Waals surface area (Å²) >= 11 is 0. The highest BCUT2D eigenvalue weighted by molar-refractivity contribution is 6.01. The molecule has 6 nitrogen and oxygen atoms in total. The van der Waals surface area contributed by atoms with Gasteiger partial charge in [-0.05, 0) is 72.7 Å². The van der Waals surface area contributed by atoms with Crippen molar-refractivity contribution in [3.63, 3.8) is 0 Å². The number of fused-ring (bicyclic) bond motifs is 4. The second-order valence-corrected chi connectivity index (χ2v) is 9.51. The van der Waals surface area contributed by atoms with Crippen LogP contribution in [0, 0.1) is 0 Å². The van der Waals surface area contributed by atoms with Crippen LogP contribution in [-0.4, -0.2) is 36.5 Å². The van der Waals surface area contributed by atoms with Crippen LogP contribution >= 0.6 is 0 Å². The van der Waals surface area contributed by atoms with Gasteiger partial charge in [-0.2, -0.15) is 0 Å². The first-order valence-corrected chi connectivity index (χ1v) is 13.2. The van der Waals surface area contributed by atoms with Crippen molar-refractivity contribution < 1.29 is 19.1 Å². The van der Waals surface area contributed by atoms with Gasteiger partial charge in [-0.3, -0.25) is 9.59 Å². The lowest BCUT2D eigenvalue weighted by molar-refractivity contribution is -0.124. The SMILES string of the molecule is CCOc1cc2c(cc1OCC)[C@H]1[C@H](C(=O)NCc3ccc(CC)cc3)c3ccccc3C(=O)N1CC2. The molecular formula is C31H34N2O4. The summed E-state index contributed by atoms with van der Waals surface area (Å²) in [6, 6.07) is 19.4. The monoisotopic (exact) mass is 498 g/mol. The van der Waals surface area contributed by atoms with Crippen LogP contribution in [0.3, 0.4) is 0 Å². The molecule has 3 aromatic rings. The molecule has 0 saturated heterocycles. The van der Waals surface area contributed by atoms with E-state index in [1.807, 2.05) is 55.1 Å². The summed E-state index contributed by atoms with van der Waals surface area (Å²) in [5, 5.41) is 3.16. The molecule has 2 heterocycles. The van der Waals surface area contributed by atoms with E-state index in [0.29, 0.717) is 49.8 Å². The van der Waals surface area contributed by atoms with Crippen molar-refractivity contribution in [3.8, 4) is 11.5 Å². The number of benzene rings is 3. The van der Waals surface area contributed by atoms with E-state index in [0.717, 1.165) is 28.7 Å². The van der Waals surface area contributed by atoms with Gasteiger partial charge in [-0.25, -0.2) is 0 Å². The lowest BCUT2D eigenvalue weighted by Crippen LogP contribution is -2.50. The Morgan fingerprint density at radius 2 is 1.59 bits per heavy atom. The highest BCUT2D eigenvalue weighted by Crippen LogP contribution is 2.48. The van der Waals surface area contributed by atoms with Gasteiger partial charge in [0.25, 0.3) is 5.91 Å². The molecule has 0 saturated carbocycles. The number of amides is 2. The van der Waals surface area contributed by atoms with E-state index in [2.05, 4.69) is 36.5 Å². The Morgan fingerprint density at radius 3 is 2.30 bits per heavy atom. The van der Waals surface area contributed by atoms with E-state index >= 15 is 0 Å². The number of hydrogen-bond donors (Lipinski definition) is 1. The summed E-state index contributed by atoms with van der Waals surface area (Å²) in [6.07, 6.45) is 1.68. The van der Waals surface area contributed by atoms with E-state index in [1.54, 1.807) is 0 Å². The molecule has 0 aliphatic carbocycles. The van der Waals surface area contributed by atoms with Gasteiger partial charge in [0.05, 0.1) is 25.2 Å². The first-order valence-electron chi connectivity index (χ1n) is 13.2. The smallest absolute Gasteiger partial charge is 0.254 e. The molecule has 0 unspecified atom stereocenters. The van der Waals surface area contributed by atoms with E-state index in [4.69, 9.17) is 9.47 Å². The Kier molecular flexibility index (Phi) is 7.17. The predicted molar refractivity (Wildman–Crippen MR) is 143 cm³/mol. The predicted octanol–water partition coefficient (Wildman–Crippen LogP) is 5.20. The molecule has 0 aromatic heterocycles. The van der Waals surface area contributed by atoms with E-state index < -0.39 is 12.0 Å². The van der Waals surface area contributed by atoms with E-state index in [9.17, 15) is 9.59 Å². The molecule has 0 fully saturated rings. The van der Waals surface area contributed by atoms with Gasteiger partial charge in [0, 0.05) is 18.7 Å². The maximum Gasteiger partial charge on any atom is 0.254 e. The number of nitrogens with zero attached hydrogens (tertiary/aromatic N) is 1. The quantitative estimate of drug-likeness (QED) is 0.464. The molecule has 2 atom stereocenters. The standard InChI is InChI=1S/C31H34N2O4/c1-4-20-11-13-21(14-12-20)19-32-30(34)28-23-9-7-8-10-24(23)31(35)33-16-15-22-17-26(36-5-2)27(37-6-3)18-25(22)29(28)33/h7-14,17-18,28-29H,4-6,15-16,19H2,1-3H3,(H,32,34)/t28-,29+/m1/s1. The average molecular weight is 499 g/mol. The molecule has 2 amide bonds. The highest BCUT2D eigenvalue weighted by Gasteiger charge is 2.46. The van der Waals surface area contributed by atoms with Crippen molar-refractivity contribution in [2.24, 2.45) is 0 Å². The third-order valence-electron chi connectivity index (χ3n) is 7.37. The first kappa shape index (κ1) is 24.9. The fourth-order valence-electron chi connectivity index (χ4n) is 5.55. The van der Waals surface area contributed by atoms with Crippen molar-refractivity contribution in [2.75, 3.05) is 19.8 Å². The van der Waals surface area contributed by atoms with Crippen molar-refractivity contribution in [1.29, 1.82) is 0 Å². The molecule has 5 rings (SSSR count). The summed E-state index contributed by atoms with van der Waals surface area (Å²) in [5.41, 5.74) is 5.73. The maximum absolute atomic E-state index is 13.9. The van der Waals surface area contributed by atoms with Gasteiger partial charge < -0.3 is 19.7 Å². The number of ether oxygens (including phenoxy) is 2. The molecule has 192 valence electrons. The van der Waals surface area contributed by atoms with Crippen LogP contribution in [0.15, 0.2) is 60.7 Å². The van der Waals surface area contributed by atoms with E-state index in [1.165, 1.54) is 5.56 Å². The van der Waals surface area contributed by atoms with Crippen LogP contribution < -0.4 is 14.8 Å². The van der Waals surface area contributed by atoms with Gasteiger partial charge in [0.1, 0.15) is 0 Å². The Bertz CT molecular complexity index is 1300. The molecule has 0 bridgehead atoms. The minimum Gasteiger partial charge on any atom is -0.490 e. The number of carbonyl (C=O) groups is 2. The molecular weight excluding hydrogens is 464 g/mol. The fourth-order valence-corrected chi connectivity index (χ4v) is 5.55. The highest BCUT2D eigenvalue weighted by atomic mass is 16.5. The molecule has 2 aliphatic rings. The summed E-state index contributed by atoms with van der Waals surface area (Å²) in [6.45, 7) is 8.02. The topological polar surface area (TPSA) is 67.9 Å². The number of aryl methyl sites for hydroxylation is 1. The number of rotatable bonds is 8. The van der Waals surface area contributed by atoms with Crippen molar-refractivity contribution in [3.05, 3.63) is 94.0 Å². The first-order chi connectivity index (χ1) is 18.0. The van der Waals surface area contributed by atoms with Crippen molar-refractivity contribution >= 4 is 11.8 Å². The van der Waals surface area contributed by atoms with Gasteiger partial charge in [-0.1, -0.05) is 49.4 Å². The lowest BCUT2D eigenvalue weighted by Gasteiger charge is -2.45. The second-order valence-electron chi connectivity index (χ2n) is 9.51. The molecule has 0 radical (unpaired) electrons. The Hall–Kier alpha value is -3.80. The van der Waals surface area contributed by atoms with E-state index in [-0.39, 0.29) is 11.8 Å². The van der Waals surface area contributed by atoms with Crippen LogP contribution in [-0.2, 0) is 24.2 Å². The normalized spacial score (nSPS) is 17.9. The van der Waals surface area contributed by atoms with Crippen LogP contribution in [0.25, 0.3) is 0 Å². The molecule has 3 aromatic carbocycles. The Labute approximate surface area is 218 Å². The van der Waals surface area contributed by atoms with Gasteiger partial charge in [0.15, 0.2) is 11.5 Å². The summed E-state index contributed by atoms with van der Waals surface area (Å²) in [7, 11) is 0. The minimum atomic E-state index is -0.532. The second kappa shape index (κ2) is 10.7. The number of nitrogens with one attached hydrogen (secondary N) is 1. The van der Waals surface area contributed by atoms with Gasteiger partial charge >= 0.3 is 0 Å². The zero-order chi connectivity index (χ0) is 25.9. The van der Waals surface area contributed by atoms with Crippen LogP contribution in [0.4, 0.5) is 0 Å². The van der Waals surface area contributed by atoms with Gasteiger partial charge in [-0.15, -0.1) is 0 Å². The molecule has 1 N–H and O–H groups in total. The van der Waals surface area contributed by atoms with Crippen LogP contribution in [0.5, 0.6) is 11.5 Å². The third-order valence-corrected chi connectivity index (χ3v) is 7.37. The van der Waals surface area contributed by atoms with Crippen LogP contribution in [0.2, 0.25) is 0 Å². The van der Waals surface area contributed by atoms with Crippen LogP contribution in [0.1, 0.15) is 70.9 Å². The largest absolute Gasteiger partial charge is 0.490 e. The zero-order valence-corrected chi connectivity index (χ0v) is 21.8. The maximum atomic E-state index is 13.9. The lowest BCUT2D eigenvalue weighted by atomic mass is 9.75. The third kappa shape index (κ3) is 4.68. The average Bonchev–Trinajstić information content (AvgIpc) is 2.93. The Balaban J connectivity index is 1.54. The summed E-state index contributed by atoms with van der Waals surface area (Å²) < 4.78 is 11.8. The molecule has 0 spiro atoms. The Morgan fingerprint density at radius 1 is 0.919 bits per heavy atom. The fraction of sp³-hybridized carbons (Fsp3) is 0.355. The van der Waals surface area contributed by atoms with Crippen molar-refractivity contribution in [2.45, 2.75) is 52.1 Å². The van der Waals surface area contributed by atoms with Crippen molar-refractivity contribution in [1.82, 2.24) is 10.2 Å². The molecule has 2 aliphatic heterocycles. The molecule has 6 heteroatoms. The number of hydrogen-bond acceptors (Lipinski definition) is 4. The molecule has 37 heavy (non-hydrogen) atoms. The van der Waals surface area contributed by atoms with Gasteiger partial charge in [0.2, 0.25) is 5.91 Å². The summed E-state index contributed by atoms with van der Waals surface area (Å²) in [4.78, 5) is 29.4.